The first-order chi connectivity index (χ1) is 7.65. The lowest BCUT2D eigenvalue weighted by Crippen LogP contribution is -2.40. The summed E-state index contributed by atoms with van der Waals surface area (Å²) in [5.74, 6) is 0.804. The molecule has 3 unspecified atom stereocenters. The monoisotopic (exact) mass is 232 g/mol. The zero-order valence-electron chi connectivity index (χ0n) is 9.96. The fourth-order valence-electron chi connectivity index (χ4n) is 3.26. The molecule has 1 saturated heterocycles. The molecule has 4 heteroatoms. The molecule has 0 aromatic heterocycles. The largest absolute Gasteiger partial charge is 0.310 e. The Labute approximate surface area is 96.4 Å². The number of hydrogen-bond donors (Lipinski definition) is 1. The van der Waals surface area contributed by atoms with Crippen LogP contribution in [-0.2, 0) is 0 Å². The van der Waals surface area contributed by atoms with Gasteiger partial charge in [0.05, 0.1) is 6.54 Å². The Morgan fingerprint density at radius 2 is 2.06 bits per heavy atom. The number of nitrogens with one attached hydrogen (secondary N) is 1. The number of likely N-dealkylation sites (N-methyl/N-ethyl adjacent to an activating group) is 1. The van der Waals surface area contributed by atoms with Crippen LogP contribution in [0.15, 0.2) is 0 Å². The molecule has 0 aromatic rings. The Bertz CT molecular complexity index is 209. The highest BCUT2D eigenvalue weighted by Gasteiger charge is 2.35. The summed E-state index contributed by atoms with van der Waals surface area (Å²) in [5.41, 5.74) is 0. The molecule has 16 heavy (non-hydrogen) atoms. The summed E-state index contributed by atoms with van der Waals surface area (Å²) >= 11 is 0. The smallest absolute Gasteiger partial charge is 0.251 e. The van der Waals surface area contributed by atoms with Gasteiger partial charge in [0.2, 0.25) is 0 Å². The number of fused-ring (bicyclic) bond motifs is 1. The molecular weight excluding hydrogens is 210 g/mol. The topological polar surface area (TPSA) is 15.3 Å². The average molecular weight is 232 g/mol. The van der Waals surface area contributed by atoms with Gasteiger partial charge in [-0.3, -0.25) is 4.90 Å². The first-order valence-corrected chi connectivity index (χ1v) is 6.38. The van der Waals surface area contributed by atoms with Crippen LogP contribution in [0.3, 0.4) is 0 Å². The number of hydrogen-bond acceptors (Lipinski definition) is 2. The van der Waals surface area contributed by atoms with Crippen LogP contribution < -0.4 is 5.32 Å². The Balaban J connectivity index is 1.75. The van der Waals surface area contributed by atoms with E-state index in [0.29, 0.717) is 12.1 Å². The van der Waals surface area contributed by atoms with E-state index in [1.54, 1.807) is 11.9 Å². The molecule has 1 aliphatic heterocycles. The highest BCUT2D eigenvalue weighted by molar-refractivity contribution is 4.93. The van der Waals surface area contributed by atoms with Crippen LogP contribution in [0.1, 0.15) is 32.1 Å². The van der Waals surface area contributed by atoms with Crippen molar-refractivity contribution in [3.8, 4) is 0 Å². The molecule has 2 fully saturated rings. The van der Waals surface area contributed by atoms with E-state index in [1.807, 2.05) is 0 Å². The summed E-state index contributed by atoms with van der Waals surface area (Å²) in [4.78, 5) is 1.75. The minimum absolute atomic E-state index is 0.104. The van der Waals surface area contributed by atoms with E-state index in [-0.39, 0.29) is 6.54 Å². The Morgan fingerprint density at radius 1 is 1.31 bits per heavy atom. The van der Waals surface area contributed by atoms with Crippen LogP contribution in [0.2, 0.25) is 0 Å². The van der Waals surface area contributed by atoms with Crippen molar-refractivity contribution in [3.63, 3.8) is 0 Å². The van der Waals surface area contributed by atoms with Crippen molar-refractivity contribution in [2.75, 3.05) is 20.1 Å². The van der Waals surface area contributed by atoms with Crippen molar-refractivity contribution in [1.82, 2.24) is 10.2 Å². The predicted molar refractivity (Wildman–Crippen MR) is 60.8 cm³/mol. The summed E-state index contributed by atoms with van der Waals surface area (Å²) in [5, 5.41) is 3.61. The first-order valence-electron chi connectivity index (χ1n) is 6.38. The van der Waals surface area contributed by atoms with Gasteiger partial charge in [-0.05, 0) is 32.2 Å². The van der Waals surface area contributed by atoms with Crippen molar-refractivity contribution in [2.24, 2.45) is 5.92 Å². The van der Waals surface area contributed by atoms with Crippen LogP contribution in [0, 0.1) is 5.92 Å². The second kappa shape index (κ2) is 5.41. The number of halogens is 2. The van der Waals surface area contributed by atoms with E-state index >= 15 is 0 Å². The third-order valence-corrected chi connectivity index (χ3v) is 3.93. The van der Waals surface area contributed by atoms with Gasteiger partial charge in [0.15, 0.2) is 0 Å². The second-order valence-electron chi connectivity index (χ2n) is 5.36. The molecule has 2 rings (SSSR count). The lowest BCUT2D eigenvalue weighted by molar-refractivity contribution is 0.0966. The molecular formula is C12H22F2N2. The maximum atomic E-state index is 12.2. The molecule has 2 aliphatic rings. The van der Waals surface area contributed by atoms with E-state index < -0.39 is 6.43 Å². The van der Waals surface area contributed by atoms with Gasteiger partial charge in [-0.1, -0.05) is 12.8 Å². The standard InChI is InChI=1S/C12H22F2N2/c1-16(8-12(13)14)7-10-6-9-4-2-3-5-11(9)15-10/h9-12,15H,2-8H2,1H3. The maximum absolute atomic E-state index is 12.2. The molecule has 0 amide bonds. The van der Waals surface area contributed by atoms with Gasteiger partial charge < -0.3 is 5.32 Å². The lowest BCUT2D eigenvalue weighted by atomic mass is 9.85. The van der Waals surface area contributed by atoms with Gasteiger partial charge >= 0.3 is 0 Å². The van der Waals surface area contributed by atoms with E-state index in [0.717, 1.165) is 12.5 Å². The minimum atomic E-state index is -2.21. The third kappa shape index (κ3) is 3.14. The van der Waals surface area contributed by atoms with E-state index in [4.69, 9.17) is 0 Å². The molecule has 0 spiro atoms. The molecule has 0 bridgehead atoms. The van der Waals surface area contributed by atoms with Crippen LogP contribution in [0.5, 0.6) is 0 Å². The van der Waals surface area contributed by atoms with E-state index in [9.17, 15) is 8.78 Å². The number of rotatable bonds is 4. The van der Waals surface area contributed by atoms with Crippen LogP contribution >= 0.6 is 0 Å². The maximum Gasteiger partial charge on any atom is 0.251 e. The molecule has 3 atom stereocenters. The zero-order valence-corrected chi connectivity index (χ0v) is 9.96. The van der Waals surface area contributed by atoms with Gasteiger partial charge in [-0.15, -0.1) is 0 Å². The molecule has 1 N–H and O–H groups in total. The molecule has 2 nitrogen and oxygen atoms in total. The summed E-state index contributed by atoms with van der Waals surface area (Å²) in [6.45, 7) is 0.658. The number of nitrogens with zero attached hydrogens (tertiary/aromatic N) is 1. The molecule has 0 radical (unpaired) electrons. The van der Waals surface area contributed by atoms with Crippen molar-refractivity contribution in [2.45, 2.75) is 50.6 Å². The molecule has 1 heterocycles. The highest BCUT2D eigenvalue weighted by Crippen LogP contribution is 2.33. The van der Waals surface area contributed by atoms with Gasteiger partial charge in [-0.2, -0.15) is 0 Å². The van der Waals surface area contributed by atoms with Gasteiger partial charge in [0.1, 0.15) is 0 Å². The quantitative estimate of drug-likeness (QED) is 0.798. The zero-order chi connectivity index (χ0) is 11.5. The fraction of sp³-hybridized carbons (Fsp3) is 1.00. The number of alkyl halides is 2. The average Bonchev–Trinajstić information content (AvgIpc) is 2.57. The van der Waals surface area contributed by atoms with Crippen LogP contribution in [-0.4, -0.2) is 43.5 Å². The van der Waals surface area contributed by atoms with E-state index in [2.05, 4.69) is 5.32 Å². The van der Waals surface area contributed by atoms with Gasteiger partial charge in [0.25, 0.3) is 6.43 Å². The summed E-state index contributed by atoms with van der Waals surface area (Å²) < 4.78 is 24.4. The van der Waals surface area contributed by atoms with Crippen molar-refractivity contribution in [3.05, 3.63) is 0 Å². The molecule has 0 aromatic carbocycles. The fourth-order valence-corrected chi connectivity index (χ4v) is 3.26. The lowest BCUT2D eigenvalue weighted by Gasteiger charge is -2.24. The highest BCUT2D eigenvalue weighted by atomic mass is 19.3. The first kappa shape index (κ1) is 12.2. The summed E-state index contributed by atoms with van der Waals surface area (Å²) in [6, 6.07) is 1.09. The van der Waals surface area contributed by atoms with Crippen LogP contribution in [0.4, 0.5) is 8.78 Å². The normalized spacial score (nSPS) is 34.7. The van der Waals surface area contributed by atoms with Crippen LogP contribution in [0.25, 0.3) is 0 Å². The van der Waals surface area contributed by atoms with Gasteiger partial charge in [0, 0.05) is 18.6 Å². The van der Waals surface area contributed by atoms with Crippen molar-refractivity contribution in [1.29, 1.82) is 0 Å². The summed E-state index contributed by atoms with van der Waals surface area (Å²) in [7, 11) is 1.79. The molecule has 1 aliphatic carbocycles. The minimum Gasteiger partial charge on any atom is -0.310 e. The molecule has 1 saturated carbocycles. The third-order valence-electron chi connectivity index (χ3n) is 3.93. The Morgan fingerprint density at radius 3 is 2.75 bits per heavy atom. The predicted octanol–water partition coefficient (Wildman–Crippen LogP) is 2.10. The van der Waals surface area contributed by atoms with Crippen molar-refractivity contribution < 1.29 is 8.78 Å². The van der Waals surface area contributed by atoms with Crippen molar-refractivity contribution >= 4 is 0 Å². The second-order valence-corrected chi connectivity index (χ2v) is 5.36. The Hall–Kier alpha value is -0.220. The van der Waals surface area contributed by atoms with Gasteiger partial charge in [-0.25, -0.2) is 8.78 Å². The summed E-state index contributed by atoms with van der Waals surface area (Å²) in [6.07, 6.45) is 4.25. The van der Waals surface area contributed by atoms with E-state index in [1.165, 1.54) is 32.1 Å². The Kier molecular flexibility index (Phi) is 4.14. The molecule has 94 valence electrons. The SMILES string of the molecule is CN(CC(F)F)CC1CC2CCCCC2N1.